The molecule has 0 radical (unpaired) electrons. The summed E-state index contributed by atoms with van der Waals surface area (Å²) in [4.78, 5) is 4.07. The number of anilines is 2. The van der Waals surface area contributed by atoms with Crippen LogP contribution in [0.2, 0.25) is 0 Å². The highest BCUT2D eigenvalue weighted by molar-refractivity contribution is 7.19. The molecule has 0 unspecified atom stereocenters. The maximum Gasteiger partial charge on any atom is 0.184 e. The largest absolute Gasteiger partial charge is 0.389 e. The standard InChI is InChI=1S/C7H10N6S/c8-6-5-10-7(14-6)9-1-3-13-4-2-11-12-13/h2,4-5H,1,3,8H2,(H,9,10). The predicted octanol–water partition coefficient (Wildman–Crippen LogP) is 0.429. The molecule has 0 bridgehead atoms. The fourth-order valence-electron chi connectivity index (χ4n) is 0.998. The van der Waals surface area contributed by atoms with Crippen molar-refractivity contribution in [1.82, 2.24) is 20.0 Å². The number of hydrogen-bond donors (Lipinski definition) is 2. The molecule has 0 aliphatic heterocycles. The summed E-state index contributed by atoms with van der Waals surface area (Å²) < 4.78 is 1.75. The molecule has 6 nitrogen and oxygen atoms in total. The lowest BCUT2D eigenvalue weighted by molar-refractivity contribution is 0.609. The molecule has 2 aromatic heterocycles. The Labute approximate surface area is 84.8 Å². The van der Waals surface area contributed by atoms with E-state index < -0.39 is 0 Å². The molecule has 0 amide bonds. The van der Waals surface area contributed by atoms with E-state index in [-0.39, 0.29) is 0 Å². The van der Waals surface area contributed by atoms with Gasteiger partial charge in [0.05, 0.1) is 18.9 Å². The number of thiazole rings is 1. The summed E-state index contributed by atoms with van der Waals surface area (Å²) in [6.07, 6.45) is 5.11. The van der Waals surface area contributed by atoms with Crippen LogP contribution in [-0.2, 0) is 6.54 Å². The zero-order chi connectivity index (χ0) is 9.80. The van der Waals surface area contributed by atoms with Crippen molar-refractivity contribution in [2.75, 3.05) is 17.6 Å². The van der Waals surface area contributed by atoms with Crippen LogP contribution in [0.4, 0.5) is 10.1 Å². The van der Waals surface area contributed by atoms with Crippen LogP contribution < -0.4 is 11.1 Å². The number of nitrogens with two attached hydrogens (primary N) is 1. The monoisotopic (exact) mass is 210 g/mol. The quantitative estimate of drug-likeness (QED) is 0.764. The van der Waals surface area contributed by atoms with Crippen LogP contribution in [-0.4, -0.2) is 26.5 Å². The van der Waals surface area contributed by atoms with Crippen molar-refractivity contribution < 1.29 is 0 Å². The molecule has 0 atom stereocenters. The lowest BCUT2D eigenvalue weighted by atomic mass is 10.6. The molecule has 2 aromatic rings. The smallest absolute Gasteiger partial charge is 0.184 e. The molecule has 2 rings (SSSR count). The highest BCUT2D eigenvalue weighted by Crippen LogP contribution is 2.18. The van der Waals surface area contributed by atoms with Gasteiger partial charge in [0, 0.05) is 12.7 Å². The topological polar surface area (TPSA) is 81.6 Å². The van der Waals surface area contributed by atoms with Gasteiger partial charge >= 0.3 is 0 Å². The third kappa shape index (κ3) is 2.19. The van der Waals surface area contributed by atoms with Gasteiger partial charge in [-0.2, -0.15) is 0 Å². The number of rotatable bonds is 4. The Morgan fingerprint density at radius 1 is 1.57 bits per heavy atom. The zero-order valence-corrected chi connectivity index (χ0v) is 8.24. The second-order valence-electron chi connectivity index (χ2n) is 2.66. The first kappa shape index (κ1) is 8.95. The van der Waals surface area contributed by atoms with Gasteiger partial charge in [-0.15, -0.1) is 5.10 Å². The van der Waals surface area contributed by atoms with Gasteiger partial charge in [-0.1, -0.05) is 16.6 Å². The average Bonchev–Trinajstić information content (AvgIpc) is 2.77. The molecular formula is C7H10N6S. The third-order valence-electron chi connectivity index (χ3n) is 1.61. The minimum absolute atomic E-state index is 0.716. The van der Waals surface area contributed by atoms with Crippen LogP contribution in [0.1, 0.15) is 0 Å². The van der Waals surface area contributed by atoms with E-state index in [0.29, 0.717) is 5.00 Å². The lowest BCUT2D eigenvalue weighted by Crippen LogP contribution is -2.10. The molecule has 0 aliphatic carbocycles. The molecule has 2 heterocycles. The highest BCUT2D eigenvalue weighted by Gasteiger charge is 1.97. The summed E-state index contributed by atoms with van der Waals surface area (Å²) in [7, 11) is 0. The van der Waals surface area contributed by atoms with E-state index in [1.54, 1.807) is 17.1 Å². The normalized spacial score (nSPS) is 10.3. The minimum Gasteiger partial charge on any atom is -0.389 e. The second-order valence-corrected chi connectivity index (χ2v) is 3.72. The van der Waals surface area contributed by atoms with Gasteiger partial charge in [-0.05, 0) is 0 Å². The Kier molecular flexibility index (Phi) is 2.59. The van der Waals surface area contributed by atoms with E-state index in [1.165, 1.54) is 11.3 Å². The molecule has 3 N–H and O–H groups in total. The Bertz CT molecular complexity index is 381. The summed E-state index contributed by atoms with van der Waals surface area (Å²) in [5.74, 6) is 0. The molecule has 0 saturated heterocycles. The zero-order valence-electron chi connectivity index (χ0n) is 7.42. The van der Waals surface area contributed by atoms with Gasteiger partial charge in [0.25, 0.3) is 0 Å². The van der Waals surface area contributed by atoms with Crippen LogP contribution >= 0.6 is 11.3 Å². The predicted molar refractivity (Wildman–Crippen MR) is 55.0 cm³/mol. The molecule has 0 fully saturated rings. The highest BCUT2D eigenvalue weighted by atomic mass is 32.1. The van der Waals surface area contributed by atoms with E-state index in [2.05, 4.69) is 20.6 Å². The van der Waals surface area contributed by atoms with Gasteiger partial charge in [0.1, 0.15) is 5.00 Å². The van der Waals surface area contributed by atoms with Gasteiger partial charge in [0.2, 0.25) is 0 Å². The first-order valence-electron chi connectivity index (χ1n) is 4.14. The van der Waals surface area contributed by atoms with Gasteiger partial charge in [-0.25, -0.2) is 4.98 Å². The van der Waals surface area contributed by atoms with Crippen molar-refractivity contribution in [2.24, 2.45) is 0 Å². The van der Waals surface area contributed by atoms with Crippen molar-refractivity contribution in [1.29, 1.82) is 0 Å². The van der Waals surface area contributed by atoms with Gasteiger partial charge in [0.15, 0.2) is 5.13 Å². The number of nitrogens with zero attached hydrogens (tertiary/aromatic N) is 4. The molecule has 0 aromatic carbocycles. The first-order valence-corrected chi connectivity index (χ1v) is 4.95. The Balaban J connectivity index is 1.78. The third-order valence-corrected chi connectivity index (χ3v) is 2.40. The van der Waals surface area contributed by atoms with Crippen molar-refractivity contribution in [2.45, 2.75) is 6.54 Å². The van der Waals surface area contributed by atoms with E-state index in [1.807, 2.05) is 6.20 Å². The molecule has 14 heavy (non-hydrogen) atoms. The van der Waals surface area contributed by atoms with Crippen LogP contribution in [0.25, 0.3) is 0 Å². The average molecular weight is 210 g/mol. The summed E-state index contributed by atoms with van der Waals surface area (Å²) >= 11 is 1.44. The van der Waals surface area contributed by atoms with Gasteiger partial charge in [-0.3, -0.25) is 4.68 Å². The second kappa shape index (κ2) is 4.05. The van der Waals surface area contributed by atoms with E-state index in [0.717, 1.165) is 18.2 Å². The number of nitrogen functional groups attached to an aromatic ring is 1. The fraction of sp³-hybridized carbons (Fsp3) is 0.286. The number of hydrogen-bond acceptors (Lipinski definition) is 6. The van der Waals surface area contributed by atoms with Crippen molar-refractivity contribution in [3.63, 3.8) is 0 Å². The summed E-state index contributed by atoms with van der Waals surface area (Å²) in [5.41, 5.74) is 5.53. The number of aromatic nitrogens is 4. The molecular weight excluding hydrogens is 200 g/mol. The van der Waals surface area contributed by atoms with Crippen LogP contribution in [0.15, 0.2) is 18.6 Å². The summed E-state index contributed by atoms with van der Waals surface area (Å²) in [6.45, 7) is 1.52. The molecule has 0 spiro atoms. The van der Waals surface area contributed by atoms with Crippen LogP contribution in [0.5, 0.6) is 0 Å². The molecule has 74 valence electrons. The van der Waals surface area contributed by atoms with Crippen LogP contribution in [0, 0.1) is 0 Å². The Hall–Kier alpha value is -1.63. The van der Waals surface area contributed by atoms with Crippen molar-refractivity contribution in [3.8, 4) is 0 Å². The van der Waals surface area contributed by atoms with Crippen LogP contribution in [0.3, 0.4) is 0 Å². The molecule has 7 heteroatoms. The van der Waals surface area contributed by atoms with Crippen molar-refractivity contribution >= 4 is 21.5 Å². The Morgan fingerprint density at radius 2 is 2.50 bits per heavy atom. The maximum atomic E-state index is 5.53. The van der Waals surface area contributed by atoms with E-state index in [9.17, 15) is 0 Å². The number of nitrogens with one attached hydrogen (secondary N) is 1. The van der Waals surface area contributed by atoms with Gasteiger partial charge < -0.3 is 11.1 Å². The minimum atomic E-state index is 0.716. The maximum absolute atomic E-state index is 5.53. The summed E-state index contributed by atoms with van der Waals surface area (Å²) in [5, 5.41) is 12.2. The van der Waals surface area contributed by atoms with E-state index >= 15 is 0 Å². The SMILES string of the molecule is Nc1cnc(NCCn2ccnn2)s1. The summed E-state index contributed by atoms with van der Waals surface area (Å²) in [6, 6.07) is 0. The first-order chi connectivity index (χ1) is 6.84. The molecule has 0 saturated carbocycles. The van der Waals surface area contributed by atoms with Crippen molar-refractivity contribution in [3.05, 3.63) is 18.6 Å². The lowest BCUT2D eigenvalue weighted by Gasteiger charge is -2.01. The molecule has 0 aliphatic rings. The van der Waals surface area contributed by atoms with E-state index in [4.69, 9.17) is 5.73 Å². The Morgan fingerprint density at radius 3 is 3.14 bits per heavy atom. The fourth-order valence-corrected chi connectivity index (χ4v) is 1.61.